The number of nitrogens with two attached hydrogens (primary N) is 2. The number of ether oxygens (including phenoxy) is 2. The van der Waals surface area contributed by atoms with Gasteiger partial charge in [-0.3, -0.25) is 18.2 Å². The molecule has 12 N–H and O–H groups in total. The van der Waals surface area contributed by atoms with Crippen molar-refractivity contribution < 1.29 is 89.7 Å². The van der Waals surface area contributed by atoms with Crippen molar-refractivity contribution in [3.63, 3.8) is 0 Å². The highest BCUT2D eigenvalue weighted by atomic mass is 31.3. The quantitative estimate of drug-likeness (QED) is 0.0404. The van der Waals surface area contributed by atoms with E-state index in [1.807, 2.05) is 0 Å². The molecule has 4 unspecified atom stereocenters. The predicted molar refractivity (Wildman–Crippen MR) is 300 cm³/mol. The Morgan fingerprint density at radius 3 is 0.951 bits per heavy atom. The number of imidazole rings is 2. The molecule has 468 valence electrons. The fourth-order valence-corrected chi connectivity index (χ4v) is 12.7. The van der Waals surface area contributed by atoms with Crippen LogP contribution in [0.2, 0.25) is 0 Å². The Morgan fingerprint density at radius 2 is 0.704 bits per heavy atom. The van der Waals surface area contributed by atoms with Gasteiger partial charge < -0.3 is 80.5 Å². The number of hydrogen-bond acceptors (Lipinski definition) is 27. The fourth-order valence-electron chi connectivity index (χ4n) is 7.79. The molecule has 37 heteroatoms. The molecule has 0 radical (unpaired) electrons. The first-order chi connectivity index (χ1) is 38.1. The second kappa shape index (κ2) is 35.3. The number of phosphoric acid groups is 4. The van der Waals surface area contributed by atoms with Gasteiger partial charge in [-0.15, -0.1) is 0 Å². The number of hydrogen-bond donors (Lipinski definition) is 10. The van der Waals surface area contributed by atoms with Gasteiger partial charge >= 0.3 is 31.3 Å². The zero-order chi connectivity index (χ0) is 61.5. The molecule has 81 heavy (non-hydrogen) atoms. The lowest BCUT2D eigenvalue weighted by atomic mass is 10.1. The van der Waals surface area contributed by atoms with E-state index in [0.717, 1.165) is 34.4 Å². The molecule has 4 aromatic rings. The second-order valence-electron chi connectivity index (χ2n) is 17.4. The summed E-state index contributed by atoms with van der Waals surface area (Å²) in [5, 5.41) is 41.8. The van der Waals surface area contributed by atoms with E-state index >= 15 is 0 Å². The normalized spacial score (nSPS) is 23.8. The maximum Gasteiger partial charge on any atom is 0.490 e. The van der Waals surface area contributed by atoms with Gasteiger partial charge in [0.25, 0.3) is 0 Å². The van der Waals surface area contributed by atoms with Gasteiger partial charge in [0.05, 0.1) is 25.9 Å². The molecule has 4 aromatic heterocycles. The van der Waals surface area contributed by atoms with Gasteiger partial charge in [0.2, 0.25) is 0 Å². The lowest BCUT2D eigenvalue weighted by Crippen LogP contribution is -2.33. The molecule has 2 fully saturated rings. The van der Waals surface area contributed by atoms with Crippen LogP contribution in [0.3, 0.4) is 0 Å². The van der Waals surface area contributed by atoms with E-state index in [2.05, 4.69) is 155 Å². The largest absolute Gasteiger partial charge is 0.490 e. The van der Waals surface area contributed by atoms with Crippen LogP contribution in [0.1, 0.15) is 95.5 Å². The Morgan fingerprint density at radius 1 is 0.444 bits per heavy atom. The number of anilines is 2. The molecule has 2 aliphatic heterocycles. The van der Waals surface area contributed by atoms with E-state index in [9.17, 15) is 58.3 Å². The molecule has 0 saturated carbocycles. The van der Waals surface area contributed by atoms with E-state index < -0.39 is 93.6 Å². The van der Waals surface area contributed by atoms with Gasteiger partial charge in [0.15, 0.2) is 35.4 Å². The van der Waals surface area contributed by atoms with Crippen molar-refractivity contribution in [2.45, 2.75) is 132 Å². The number of phosphoric ester groups is 2. The van der Waals surface area contributed by atoms with Crippen LogP contribution < -0.4 is 11.5 Å². The number of aliphatic hydroxyl groups excluding tert-OH is 4. The zero-order valence-electron chi connectivity index (χ0n) is 48.2. The van der Waals surface area contributed by atoms with Gasteiger partial charge in [-0.25, -0.2) is 48.2 Å². The summed E-state index contributed by atoms with van der Waals surface area (Å²) in [4.78, 5) is 72.5. The summed E-state index contributed by atoms with van der Waals surface area (Å²) in [7, 11) is -23.9. The van der Waals surface area contributed by atoms with E-state index in [1.165, 1.54) is 78.5 Å². The van der Waals surface area contributed by atoms with E-state index in [-0.39, 0.29) is 34.0 Å². The fraction of sp³-hybridized carbons (Fsp3) is 0.773. The number of nitrogen functional groups attached to an aromatic ring is 2. The Kier molecular flexibility index (Phi) is 32.3. The van der Waals surface area contributed by atoms with Crippen LogP contribution in [0.25, 0.3) is 22.3 Å². The average Bonchev–Trinajstić information content (AvgIpc) is 4.19. The summed E-state index contributed by atoms with van der Waals surface area (Å²) in [6.07, 6.45) is -8.58. The van der Waals surface area contributed by atoms with Gasteiger partial charge in [0.1, 0.15) is 60.3 Å². The number of aliphatic hydroxyl groups is 4. The standard InChI is InChI=1S/C20H28N10O19P4.4C6H15N/c21-15-9-17(25-3-23-15)29(5-27-9)19-13(33)11(31)7(45-19)1-43-50(35,36)47-52(39,40)49-53(41,42)48-51(37,38)44-2-8-12(32)14(34)20(46-8)30-6-28-10-16(22)24-4-26-18(10)30;4*1-4-7(5-2)6-3/h3-8,11-14,19-20,31-34H,1-2H2,(H,35,36)(H,37,38)(H,39,40)(H,41,42)(H2,21,23,25)(H2,22,24,26);4*4-6H2,1-3H3/t7-,8-,11-,12-,13-,14-,19-,20-;;;;/m1..../s1. The second-order valence-corrected chi connectivity index (χ2v) is 23.7. The minimum absolute atomic E-state index is 0.0142. The molecule has 6 heterocycles. The Balaban J connectivity index is 0.000000655. The van der Waals surface area contributed by atoms with Crippen molar-refractivity contribution in [3.05, 3.63) is 25.3 Å². The van der Waals surface area contributed by atoms with Crippen LogP contribution in [0.4, 0.5) is 11.6 Å². The first-order valence-corrected chi connectivity index (χ1v) is 32.6. The summed E-state index contributed by atoms with van der Waals surface area (Å²) >= 11 is 0. The van der Waals surface area contributed by atoms with Crippen LogP contribution in [-0.4, -0.2) is 227 Å². The van der Waals surface area contributed by atoms with Crippen LogP contribution >= 0.6 is 31.3 Å². The minimum atomic E-state index is -6.19. The maximum absolute atomic E-state index is 12.4. The lowest BCUT2D eigenvalue weighted by Gasteiger charge is -2.21. The smallest absolute Gasteiger partial charge is 0.387 e. The van der Waals surface area contributed by atoms with E-state index in [0.29, 0.717) is 0 Å². The SMILES string of the molecule is CCN(CC)CC.CCN(CC)CC.CCN(CC)CC.CCN(CC)CC.Nc1ncnc2c1ncn2[C@@H]1O[C@H](COP(=O)(O)OP(=O)(O)OP(=O)(O)OP(=O)(O)OC[C@H]2O[C@@H](n3cnc4c(N)ncnc43)[C@H](O)[C@@H]2O)[C@@H](O)[C@H]1O. The molecule has 12 atom stereocenters. The first-order valence-electron chi connectivity index (χ1n) is 26.6. The van der Waals surface area contributed by atoms with Crippen molar-refractivity contribution in [2.24, 2.45) is 0 Å². The van der Waals surface area contributed by atoms with Gasteiger partial charge in [-0.05, 0) is 78.5 Å². The third-order valence-corrected chi connectivity index (χ3v) is 18.7. The monoisotopic (exact) mass is 1240 g/mol. The Bertz CT molecular complexity index is 2410. The summed E-state index contributed by atoms with van der Waals surface area (Å²) < 4.78 is 83.4. The molecule has 33 nitrogen and oxygen atoms in total. The van der Waals surface area contributed by atoms with Crippen LogP contribution in [0.15, 0.2) is 25.3 Å². The molecule has 0 amide bonds. The molecule has 0 aliphatic carbocycles. The maximum atomic E-state index is 12.4. The molecule has 0 spiro atoms. The van der Waals surface area contributed by atoms with E-state index in [4.69, 9.17) is 20.9 Å². The van der Waals surface area contributed by atoms with Crippen molar-refractivity contribution in [2.75, 3.05) is 103 Å². The highest BCUT2D eigenvalue weighted by Gasteiger charge is 2.50. The number of fused-ring (bicyclic) bond motifs is 2. The molecule has 6 rings (SSSR count). The molecule has 2 saturated heterocycles. The van der Waals surface area contributed by atoms with Crippen molar-refractivity contribution in [1.82, 2.24) is 58.6 Å². The number of aromatic nitrogens is 8. The van der Waals surface area contributed by atoms with Crippen molar-refractivity contribution >= 4 is 65.3 Å². The summed E-state index contributed by atoms with van der Waals surface area (Å²) in [5.74, 6) is -0.0284. The highest BCUT2D eigenvalue weighted by molar-refractivity contribution is 7.69. The molecule has 2 aliphatic rings. The van der Waals surface area contributed by atoms with E-state index in [1.54, 1.807) is 0 Å². The first kappa shape index (κ1) is 74.0. The third-order valence-electron chi connectivity index (χ3n) is 12.8. The topological polar surface area (TPSA) is 447 Å². The minimum Gasteiger partial charge on any atom is -0.387 e. The summed E-state index contributed by atoms with van der Waals surface area (Å²) in [6.45, 7) is 38.3. The van der Waals surface area contributed by atoms with Crippen LogP contribution in [-0.2, 0) is 49.7 Å². The predicted octanol–water partition coefficient (Wildman–Crippen LogP) is 2.95. The number of nitrogens with zero attached hydrogens (tertiary/aromatic N) is 12. The van der Waals surface area contributed by atoms with Gasteiger partial charge in [-0.1, -0.05) is 83.1 Å². The highest BCUT2D eigenvalue weighted by Crippen LogP contribution is 2.71. The van der Waals surface area contributed by atoms with Gasteiger partial charge in [0, 0.05) is 0 Å². The van der Waals surface area contributed by atoms with Gasteiger partial charge in [-0.2, -0.15) is 12.9 Å². The van der Waals surface area contributed by atoms with Crippen LogP contribution in [0.5, 0.6) is 0 Å². The Labute approximate surface area is 472 Å². The summed E-state index contributed by atoms with van der Waals surface area (Å²) in [5.41, 5.74) is 11.9. The molecule has 0 bridgehead atoms. The lowest BCUT2D eigenvalue weighted by molar-refractivity contribution is -0.0505. The third kappa shape index (κ3) is 23.0. The number of rotatable bonds is 26. The summed E-state index contributed by atoms with van der Waals surface area (Å²) in [6, 6.07) is 0. The Hall–Kier alpha value is -3.14. The van der Waals surface area contributed by atoms with Crippen molar-refractivity contribution in [3.8, 4) is 0 Å². The molecule has 0 aromatic carbocycles. The average molecular weight is 1240 g/mol. The molecular weight excluding hydrogens is 1150 g/mol. The molecular formula is C44H88N14O19P4. The van der Waals surface area contributed by atoms with Crippen molar-refractivity contribution in [1.29, 1.82) is 0 Å². The van der Waals surface area contributed by atoms with Crippen LogP contribution in [0, 0.1) is 0 Å². The zero-order valence-corrected chi connectivity index (χ0v) is 51.8.